The van der Waals surface area contributed by atoms with Crippen molar-refractivity contribution in [3.63, 3.8) is 0 Å². The van der Waals surface area contributed by atoms with Crippen molar-refractivity contribution >= 4 is 34.4 Å². The van der Waals surface area contributed by atoms with Gasteiger partial charge in [0.15, 0.2) is 6.61 Å². The fourth-order valence-corrected chi connectivity index (χ4v) is 2.65. The highest BCUT2D eigenvalue weighted by Gasteiger charge is 2.16. The molecule has 0 spiro atoms. The third-order valence-corrected chi connectivity index (χ3v) is 4.05. The van der Waals surface area contributed by atoms with Crippen molar-refractivity contribution in [1.29, 1.82) is 0 Å². The van der Waals surface area contributed by atoms with E-state index in [0.29, 0.717) is 27.2 Å². The monoisotopic (exact) mass is 378 g/mol. The summed E-state index contributed by atoms with van der Waals surface area (Å²) in [4.78, 5) is 28.8. The highest BCUT2D eigenvalue weighted by atomic mass is 35.5. The van der Waals surface area contributed by atoms with Gasteiger partial charge in [-0.15, -0.1) is 6.42 Å². The van der Waals surface area contributed by atoms with Crippen LogP contribution in [0.2, 0.25) is 5.02 Å². The van der Waals surface area contributed by atoms with Crippen LogP contribution in [0.15, 0.2) is 54.6 Å². The average molecular weight is 379 g/mol. The first-order valence-corrected chi connectivity index (χ1v) is 8.49. The molecule has 0 saturated carbocycles. The lowest BCUT2D eigenvalue weighted by atomic mass is 10.0. The topological polar surface area (TPSA) is 68.3 Å². The molecule has 5 nitrogen and oxygen atoms in total. The largest absolute Gasteiger partial charge is 0.452 e. The van der Waals surface area contributed by atoms with Gasteiger partial charge >= 0.3 is 5.97 Å². The molecule has 0 aliphatic carbocycles. The lowest BCUT2D eigenvalue weighted by molar-refractivity contribution is -0.123. The van der Waals surface area contributed by atoms with Crippen molar-refractivity contribution in [1.82, 2.24) is 10.3 Å². The second-order valence-electron chi connectivity index (χ2n) is 5.64. The molecule has 0 bridgehead atoms. The molecule has 3 aromatic rings. The number of para-hydroxylation sites is 1. The van der Waals surface area contributed by atoms with Crippen LogP contribution in [0.25, 0.3) is 22.2 Å². The van der Waals surface area contributed by atoms with E-state index in [4.69, 9.17) is 22.8 Å². The molecule has 0 aliphatic heterocycles. The average Bonchev–Trinajstić information content (AvgIpc) is 2.70. The standard InChI is InChI=1S/C21H15ClN2O3/c1-2-11-23-20(25)13-27-21(26)17-12-19(14-7-9-15(22)10-8-14)24-18-6-4-3-5-16(17)18/h1,3-10,12H,11,13H2,(H,23,25). The molecule has 1 heterocycles. The minimum Gasteiger partial charge on any atom is -0.452 e. The fourth-order valence-electron chi connectivity index (χ4n) is 2.52. The molecule has 3 rings (SSSR count). The highest BCUT2D eigenvalue weighted by molar-refractivity contribution is 6.30. The lowest BCUT2D eigenvalue weighted by Gasteiger charge is -2.10. The summed E-state index contributed by atoms with van der Waals surface area (Å²) in [6.07, 6.45) is 5.08. The first kappa shape index (κ1) is 18.4. The molecule has 0 radical (unpaired) electrons. The van der Waals surface area contributed by atoms with Gasteiger partial charge in [0, 0.05) is 16.0 Å². The van der Waals surface area contributed by atoms with Gasteiger partial charge in [0.2, 0.25) is 0 Å². The Balaban J connectivity index is 1.93. The SMILES string of the molecule is C#CCNC(=O)COC(=O)c1cc(-c2ccc(Cl)cc2)nc2ccccc12. The first-order valence-electron chi connectivity index (χ1n) is 8.11. The Labute approximate surface area is 161 Å². The molecule has 0 saturated heterocycles. The quantitative estimate of drug-likeness (QED) is 0.545. The summed E-state index contributed by atoms with van der Waals surface area (Å²) in [5.74, 6) is 1.21. The fraction of sp³-hybridized carbons (Fsp3) is 0.0952. The summed E-state index contributed by atoms with van der Waals surface area (Å²) < 4.78 is 5.14. The molecule has 0 aliphatic rings. The summed E-state index contributed by atoms with van der Waals surface area (Å²) >= 11 is 5.94. The van der Waals surface area contributed by atoms with Crippen LogP contribution in [0.4, 0.5) is 0 Å². The van der Waals surface area contributed by atoms with E-state index in [-0.39, 0.29) is 6.54 Å². The Kier molecular flexibility index (Phi) is 5.70. The van der Waals surface area contributed by atoms with E-state index < -0.39 is 18.5 Å². The van der Waals surface area contributed by atoms with Crippen LogP contribution in [0, 0.1) is 12.3 Å². The summed E-state index contributed by atoms with van der Waals surface area (Å²) in [5.41, 5.74) is 2.39. The molecule has 0 fully saturated rings. The number of nitrogens with one attached hydrogen (secondary N) is 1. The van der Waals surface area contributed by atoms with E-state index in [2.05, 4.69) is 16.2 Å². The van der Waals surface area contributed by atoms with Crippen molar-refractivity contribution in [3.8, 4) is 23.6 Å². The maximum atomic E-state index is 12.6. The van der Waals surface area contributed by atoms with E-state index in [1.165, 1.54) is 0 Å². The number of hydrogen-bond acceptors (Lipinski definition) is 4. The van der Waals surface area contributed by atoms with Gasteiger partial charge in [-0.05, 0) is 24.3 Å². The van der Waals surface area contributed by atoms with E-state index >= 15 is 0 Å². The molecule has 0 unspecified atom stereocenters. The number of terminal acetylenes is 1. The van der Waals surface area contributed by atoms with Gasteiger partial charge in [-0.3, -0.25) is 4.79 Å². The normalized spacial score (nSPS) is 10.2. The first-order chi connectivity index (χ1) is 13.1. The van der Waals surface area contributed by atoms with Crippen LogP contribution in [0.5, 0.6) is 0 Å². The van der Waals surface area contributed by atoms with E-state index in [0.717, 1.165) is 5.56 Å². The summed E-state index contributed by atoms with van der Waals surface area (Å²) in [6.45, 7) is -0.331. The zero-order valence-electron chi connectivity index (χ0n) is 14.2. The predicted octanol–water partition coefficient (Wildman–Crippen LogP) is 3.46. The molecule has 0 atom stereocenters. The number of ether oxygens (including phenoxy) is 1. The number of esters is 1. The lowest BCUT2D eigenvalue weighted by Crippen LogP contribution is -2.29. The van der Waals surface area contributed by atoms with Gasteiger partial charge in [-0.2, -0.15) is 0 Å². The number of halogens is 1. The van der Waals surface area contributed by atoms with E-state index in [1.807, 2.05) is 30.3 Å². The number of benzene rings is 2. The maximum Gasteiger partial charge on any atom is 0.339 e. The zero-order valence-corrected chi connectivity index (χ0v) is 15.0. The van der Waals surface area contributed by atoms with Crippen LogP contribution in [0.1, 0.15) is 10.4 Å². The Bertz CT molecular complexity index is 1040. The molecule has 1 N–H and O–H groups in total. The number of fused-ring (bicyclic) bond motifs is 1. The van der Waals surface area contributed by atoms with Crippen LogP contribution >= 0.6 is 11.6 Å². The number of hydrogen-bond donors (Lipinski definition) is 1. The zero-order chi connectivity index (χ0) is 19.2. The van der Waals surface area contributed by atoms with Gasteiger partial charge in [-0.1, -0.05) is 47.9 Å². The van der Waals surface area contributed by atoms with Crippen molar-refractivity contribution < 1.29 is 14.3 Å². The predicted molar refractivity (Wildman–Crippen MR) is 104 cm³/mol. The Morgan fingerprint density at radius 2 is 1.89 bits per heavy atom. The molecular weight excluding hydrogens is 364 g/mol. The third-order valence-electron chi connectivity index (χ3n) is 3.80. The smallest absolute Gasteiger partial charge is 0.339 e. The van der Waals surface area contributed by atoms with Crippen LogP contribution < -0.4 is 5.32 Å². The number of carbonyl (C=O) groups excluding carboxylic acids is 2. The molecular formula is C21H15ClN2O3. The van der Waals surface area contributed by atoms with Crippen LogP contribution in [-0.4, -0.2) is 30.0 Å². The third kappa shape index (κ3) is 4.43. The van der Waals surface area contributed by atoms with Gasteiger partial charge < -0.3 is 10.1 Å². The van der Waals surface area contributed by atoms with Crippen LogP contribution in [-0.2, 0) is 9.53 Å². The molecule has 2 aromatic carbocycles. The molecule has 1 amide bonds. The molecule has 27 heavy (non-hydrogen) atoms. The number of pyridine rings is 1. The minimum absolute atomic E-state index is 0.0787. The Morgan fingerprint density at radius 1 is 1.15 bits per heavy atom. The number of amides is 1. The van der Waals surface area contributed by atoms with Crippen LogP contribution in [0.3, 0.4) is 0 Å². The van der Waals surface area contributed by atoms with E-state index in [1.54, 1.807) is 24.3 Å². The van der Waals surface area contributed by atoms with Crippen molar-refractivity contribution in [3.05, 3.63) is 65.2 Å². The van der Waals surface area contributed by atoms with E-state index in [9.17, 15) is 9.59 Å². The molecule has 134 valence electrons. The number of carbonyl (C=O) groups is 2. The Morgan fingerprint density at radius 3 is 2.63 bits per heavy atom. The highest BCUT2D eigenvalue weighted by Crippen LogP contribution is 2.26. The second-order valence-corrected chi connectivity index (χ2v) is 6.07. The van der Waals surface area contributed by atoms with Gasteiger partial charge in [0.05, 0.1) is 23.3 Å². The van der Waals surface area contributed by atoms with Crippen molar-refractivity contribution in [2.75, 3.05) is 13.2 Å². The Hall–Kier alpha value is -3.36. The number of nitrogens with zero attached hydrogens (tertiary/aromatic N) is 1. The number of rotatable bonds is 5. The molecule has 1 aromatic heterocycles. The second kappa shape index (κ2) is 8.35. The number of aromatic nitrogens is 1. The summed E-state index contributed by atoms with van der Waals surface area (Å²) in [6, 6.07) is 16.0. The minimum atomic E-state index is -0.611. The maximum absolute atomic E-state index is 12.6. The summed E-state index contributed by atoms with van der Waals surface area (Å²) in [5, 5.41) is 3.69. The summed E-state index contributed by atoms with van der Waals surface area (Å²) in [7, 11) is 0. The van der Waals surface area contributed by atoms with Crippen molar-refractivity contribution in [2.24, 2.45) is 0 Å². The molecule has 6 heteroatoms. The van der Waals surface area contributed by atoms with Gasteiger partial charge in [0.1, 0.15) is 0 Å². The van der Waals surface area contributed by atoms with Crippen molar-refractivity contribution in [2.45, 2.75) is 0 Å². The van der Waals surface area contributed by atoms with Gasteiger partial charge in [-0.25, -0.2) is 9.78 Å². The van der Waals surface area contributed by atoms with Gasteiger partial charge in [0.25, 0.3) is 5.91 Å².